The van der Waals surface area contributed by atoms with Gasteiger partial charge in [-0.2, -0.15) is 0 Å². The van der Waals surface area contributed by atoms with E-state index in [1.54, 1.807) is 29.2 Å². The SMILES string of the molecule is CC1=C(C(N)=O)SC(c2nnnn2Cc2ccc(F)cc2)N1Cc1cccnc1. The normalized spacial score (nSPS) is 16.5. The summed E-state index contributed by atoms with van der Waals surface area (Å²) in [5.74, 6) is -0.201. The van der Waals surface area contributed by atoms with Crippen LogP contribution in [-0.2, 0) is 17.9 Å². The summed E-state index contributed by atoms with van der Waals surface area (Å²) >= 11 is 1.33. The van der Waals surface area contributed by atoms with Gasteiger partial charge in [-0.1, -0.05) is 30.0 Å². The van der Waals surface area contributed by atoms with Gasteiger partial charge in [0.2, 0.25) is 0 Å². The van der Waals surface area contributed by atoms with Gasteiger partial charge in [0.05, 0.1) is 11.4 Å². The summed E-state index contributed by atoms with van der Waals surface area (Å²) in [6, 6.07) is 10.00. The van der Waals surface area contributed by atoms with E-state index in [0.29, 0.717) is 23.8 Å². The largest absolute Gasteiger partial charge is 0.365 e. The molecular weight excluding hydrogens is 393 g/mol. The number of primary amides is 1. The van der Waals surface area contributed by atoms with Crippen LogP contribution in [0.15, 0.2) is 59.4 Å². The molecule has 2 aromatic heterocycles. The zero-order valence-corrected chi connectivity index (χ0v) is 16.4. The molecule has 0 aliphatic carbocycles. The standard InChI is InChI=1S/C19H18FN7OS/c1-12-16(17(21)28)29-19(26(12)10-14-3-2-8-22-9-14)18-23-24-25-27(18)11-13-4-6-15(20)7-5-13/h2-9,19H,10-11H2,1H3,(H2,21,28). The highest BCUT2D eigenvalue weighted by molar-refractivity contribution is 8.04. The average molecular weight is 411 g/mol. The fraction of sp³-hybridized carbons (Fsp3) is 0.211. The van der Waals surface area contributed by atoms with Crippen LogP contribution in [-0.4, -0.2) is 36.0 Å². The summed E-state index contributed by atoms with van der Waals surface area (Å²) in [6.45, 7) is 2.76. The number of thioether (sulfide) groups is 1. The molecule has 1 unspecified atom stereocenters. The van der Waals surface area contributed by atoms with Crippen molar-refractivity contribution in [3.05, 3.63) is 82.2 Å². The summed E-state index contributed by atoms with van der Waals surface area (Å²) in [6.07, 6.45) is 3.49. The van der Waals surface area contributed by atoms with Crippen molar-refractivity contribution in [2.45, 2.75) is 25.4 Å². The lowest BCUT2D eigenvalue weighted by Crippen LogP contribution is -2.24. The quantitative estimate of drug-likeness (QED) is 0.663. The van der Waals surface area contributed by atoms with Crippen LogP contribution in [0.5, 0.6) is 0 Å². The van der Waals surface area contributed by atoms with Gasteiger partial charge in [-0.15, -0.1) is 5.10 Å². The molecule has 0 radical (unpaired) electrons. The molecule has 3 aromatic rings. The molecule has 0 saturated carbocycles. The molecule has 148 valence electrons. The zero-order valence-electron chi connectivity index (χ0n) is 15.6. The zero-order chi connectivity index (χ0) is 20.4. The molecule has 0 spiro atoms. The van der Waals surface area contributed by atoms with E-state index in [1.807, 2.05) is 24.0 Å². The van der Waals surface area contributed by atoms with Crippen LogP contribution in [0.4, 0.5) is 4.39 Å². The van der Waals surface area contributed by atoms with Crippen LogP contribution in [0, 0.1) is 5.82 Å². The third-order valence-electron chi connectivity index (χ3n) is 4.60. The summed E-state index contributed by atoms with van der Waals surface area (Å²) in [5.41, 5.74) is 8.20. The van der Waals surface area contributed by atoms with E-state index in [1.165, 1.54) is 23.9 Å². The number of aromatic nitrogens is 5. The second-order valence-electron chi connectivity index (χ2n) is 6.56. The lowest BCUT2D eigenvalue weighted by atomic mass is 10.2. The number of rotatable bonds is 6. The first-order chi connectivity index (χ1) is 14.0. The molecule has 1 aliphatic rings. The monoisotopic (exact) mass is 411 g/mol. The van der Waals surface area contributed by atoms with Crippen LogP contribution in [0.1, 0.15) is 29.2 Å². The maximum atomic E-state index is 13.2. The third-order valence-corrected chi connectivity index (χ3v) is 6.02. The predicted molar refractivity (Wildman–Crippen MR) is 105 cm³/mol. The van der Waals surface area contributed by atoms with Crippen molar-refractivity contribution < 1.29 is 9.18 Å². The van der Waals surface area contributed by atoms with Crippen LogP contribution >= 0.6 is 11.8 Å². The number of halogens is 1. The van der Waals surface area contributed by atoms with Crippen LogP contribution in [0.2, 0.25) is 0 Å². The Balaban J connectivity index is 1.65. The number of hydrogen-bond donors (Lipinski definition) is 1. The lowest BCUT2D eigenvalue weighted by molar-refractivity contribution is -0.114. The van der Waals surface area contributed by atoms with E-state index in [4.69, 9.17) is 5.73 Å². The van der Waals surface area contributed by atoms with E-state index in [0.717, 1.165) is 16.8 Å². The minimum Gasteiger partial charge on any atom is -0.365 e. The van der Waals surface area contributed by atoms with E-state index in [2.05, 4.69) is 20.5 Å². The first-order valence-electron chi connectivity index (χ1n) is 8.86. The Morgan fingerprint density at radius 3 is 2.69 bits per heavy atom. The summed E-state index contributed by atoms with van der Waals surface area (Å²) in [4.78, 5) is 18.6. The highest BCUT2D eigenvalue weighted by atomic mass is 32.2. The fourth-order valence-corrected chi connectivity index (χ4v) is 4.41. The first kappa shape index (κ1) is 19.1. The van der Waals surface area contributed by atoms with Gasteiger partial charge in [-0.05, 0) is 46.7 Å². The number of carbonyl (C=O) groups excluding carboxylic acids is 1. The number of benzene rings is 1. The number of nitrogens with zero attached hydrogens (tertiary/aromatic N) is 6. The van der Waals surface area contributed by atoms with Crippen molar-refractivity contribution in [1.82, 2.24) is 30.1 Å². The van der Waals surface area contributed by atoms with Gasteiger partial charge >= 0.3 is 0 Å². The van der Waals surface area contributed by atoms with Gasteiger partial charge in [0.1, 0.15) is 11.2 Å². The third kappa shape index (κ3) is 3.97. The highest BCUT2D eigenvalue weighted by Crippen LogP contribution is 2.47. The molecule has 1 atom stereocenters. The van der Waals surface area contributed by atoms with Crippen molar-refractivity contribution in [3.8, 4) is 0 Å². The van der Waals surface area contributed by atoms with Gasteiger partial charge in [0.15, 0.2) is 5.82 Å². The topological polar surface area (TPSA) is 103 Å². The molecule has 0 bridgehead atoms. The van der Waals surface area contributed by atoms with Gasteiger partial charge < -0.3 is 10.6 Å². The molecule has 0 fully saturated rings. The number of hydrogen-bond acceptors (Lipinski definition) is 7. The number of amides is 1. The van der Waals surface area contributed by atoms with Crippen molar-refractivity contribution >= 4 is 17.7 Å². The van der Waals surface area contributed by atoms with Gasteiger partial charge in [-0.25, -0.2) is 9.07 Å². The van der Waals surface area contributed by atoms with Crippen LogP contribution < -0.4 is 5.73 Å². The second kappa shape index (κ2) is 8.00. The second-order valence-corrected chi connectivity index (χ2v) is 7.65. The summed E-state index contributed by atoms with van der Waals surface area (Å²) < 4.78 is 14.9. The van der Waals surface area contributed by atoms with Gasteiger partial charge in [-0.3, -0.25) is 9.78 Å². The molecule has 4 rings (SSSR count). The molecule has 2 N–H and O–H groups in total. The maximum absolute atomic E-state index is 13.2. The average Bonchev–Trinajstić information content (AvgIpc) is 3.29. The van der Waals surface area contributed by atoms with Crippen molar-refractivity contribution in [3.63, 3.8) is 0 Å². The maximum Gasteiger partial charge on any atom is 0.256 e. The predicted octanol–water partition coefficient (Wildman–Crippen LogP) is 2.22. The van der Waals surface area contributed by atoms with E-state index in [-0.39, 0.29) is 11.2 Å². The number of pyridine rings is 1. The Labute approximate surface area is 170 Å². The van der Waals surface area contributed by atoms with E-state index < -0.39 is 5.91 Å². The molecule has 1 amide bonds. The Hall–Kier alpha value is -3.27. The van der Waals surface area contributed by atoms with Crippen molar-refractivity contribution in [2.75, 3.05) is 0 Å². The molecule has 1 aliphatic heterocycles. The van der Waals surface area contributed by atoms with E-state index in [9.17, 15) is 9.18 Å². The Kier molecular flexibility index (Phi) is 5.26. The number of tetrazole rings is 1. The Morgan fingerprint density at radius 2 is 2.00 bits per heavy atom. The fourth-order valence-electron chi connectivity index (χ4n) is 3.15. The molecule has 10 heteroatoms. The summed E-state index contributed by atoms with van der Waals surface area (Å²) in [7, 11) is 0. The smallest absolute Gasteiger partial charge is 0.256 e. The van der Waals surface area contributed by atoms with Crippen molar-refractivity contribution in [1.29, 1.82) is 0 Å². The van der Waals surface area contributed by atoms with Crippen molar-refractivity contribution in [2.24, 2.45) is 5.73 Å². The summed E-state index contributed by atoms with van der Waals surface area (Å²) in [5, 5.41) is 11.8. The minimum atomic E-state index is -0.483. The lowest BCUT2D eigenvalue weighted by Gasteiger charge is -2.26. The molecule has 3 heterocycles. The molecule has 29 heavy (non-hydrogen) atoms. The number of carbonyl (C=O) groups is 1. The molecule has 1 aromatic carbocycles. The van der Waals surface area contributed by atoms with Crippen LogP contribution in [0.3, 0.4) is 0 Å². The van der Waals surface area contributed by atoms with E-state index >= 15 is 0 Å². The van der Waals surface area contributed by atoms with Gasteiger partial charge in [0.25, 0.3) is 5.91 Å². The number of nitrogens with two attached hydrogens (primary N) is 1. The molecule has 0 saturated heterocycles. The molecule has 8 nitrogen and oxygen atoms in total. The number of allylic oxidation sites excluding steroid dienone is 1. The minimum absolute atomic E-state index is 0.300. The Morgan fingerprint density at radius 1 is 1.21 bits per heavy atom. The van der Waals surface area contributed by atoms with Gasteiger partial charge in [0, 0.05) is 24.6 Å². The first-order valence-corrected chi connectivity index (χ1v) is 9.74. The van der Waals surface area contributed by atoms with Crippen LogP contribution in [0.25, 0.3) is 0 Å². The molecular formula is C19H18FN7OS. The highest BCUT2D eigenvalue weighted by Gasteiger charge is 2.37. The Bertz CT molecular complexity index is 1050.